The average molecular weight is 236 g/mol. The van der Waals surface area contributed by atoms with Gasteiger partial charge in [0.2, 0.25) is 0 Å². The summed E-state index contributed by atoms with van der Waals surface area (Å²) in [6.07, 6.45) is 6.71. The van der Waals surface area contributed by atoms with Crippen molar-refractivity contribution in [3.05, 3.63) is 18.2 Å². The minimum atomic E-state index is 0.0603. The summed E-state index contributed by atoms with van der Waals surface area (Å²) in [6, 6.07) is 0.391. The summed E-state index contributed by atoms with van der Waals surface area (Å²) in [5.74, 6) is 0.0603. The van der Waals surface area contributed by atoms with Crippen LogP contribution < -0.4 is 5.73 Å². The molecule has 1 aliphatic rings. The lowest BCUT2D eigenvalue weighted by molar-refractivity contribution is 0.0728. The molecule has 1 amide bonds. The van der Waals surface area contributed by atoms with E-state index in [1.165, 1.54) is 0 Å². The highest BCUT2D eigenvalue weighted by Crippen LogP contribution is 2.21. The second-order valence-electron chi connectivity index (χ2n) is 4.49. The van der Waals surface area contributed by atoms with Crippen molar-refractivity contribution in [2.75, 3.05) is 13.1 Å². The number of carbonyl (C=O) groups is 1. The average Bonchev–Trinajstić information content (AvgIpc) is 2.96. The predicted molar refractivity (Wildman–Crippen MR) is 65.6 cm³/mol. The molecule has 0 aromatic carbocycles. The molecule has 1 aliphatic heterocycles. The van der Waals surface area contributed by atoms with Gasteiger partial charge in [0.25, 0.3) is 5.91 Å². The van der Waals surface area contributed by atoms with Crippen molar-refractivity contribution in [1.82, 2.24) is 14.5 Å². The predicted octanol–water partition coefficient (Wildman–Crippen LogP) is 0.856. The van der Waals surface area contributed by atoms with Gasteiger partial charge in [-0.25, -0.2) is 4.98 Å². The van der Waals surface area contributed by atoms with Crippen molar-refractivity contribution < 1.29 is 4.79 Å². The molecule has 5 heteroatoms. The van der Waals surface area contributed by atoms with E-state index in [1.54, 1.807) is 12.5 Å². The van der Waals surface area contributed by atoms with Crippen molar-refractivity contribution in [1.29, 1.82) is 0 Å². The third-order valence-corrected chi connectivity index (χ3v) is 3.35. The molecule has 2 heterocycles. The molecular weight excluding hydrogens is 216 g/mol. The molecular formula is C12H20N4O. The van der Waals surface area contributed by atoms with Crippen LogP contribution in [0.15, 0.2) is 12.5 Å². The highest BCUT2D eigenvalue weighted by atomic mass is 16.2. The van der Waals surface area contributed by atoms with Crippen molar-refractivity contribution in [3.8, 4) is 0 Å². The van der Waals surface area contributed by atoms with Crippen LogP contribution in [-0.2, 0) is 6.54 Å². The highest BCUT2D eigenvalue weighted by molar-refractivity contribution is 5.92. The fraction of sp³-hybridized carbons (Fsp3) is 0.667. The minimum absolute atomic E-state index is 0.0603. The summed E-state index contributed by atoms with van der Waals surface area (Å²) in [7, 11) is 0. The first kappa shape index (κ1) is 12.1. The molecule has 0 radical (unpaired) electrons. The number of hydrogen-bond acceptors (Lipinski definition) is 3. The van der Waals surface area contributed by atoms with Crippen LogP contribution >= 0.6 is 0 Å². The smallest absolute Gasteiger partial charge is 0.274 e. The van der Waals surface area contributed by atoms with Gasteiger partial charge in [-0.2, -0.15) is 0 Å². The molecule has 0 bridgehead atoms. The normalized spacial score (nSPS) is 19.9. The Morgan fingerprint density at radius 1 is 1.65 bits per heavy atom. The Morgan fingerprint density at radius 3 is 3.18 bits per heavy atom. The Morgan fingerprint density at radius 2 is 2.47 bits per heavy atom. The molecule has 0 aliphatic carbocycles. The van der Waals surface area contributed by atoms with Crippen molar-refractivity contribution in [2.45, 2.75) is 38.8 Å². The van der Waals surface area contributed by atoms with Gasteiger partial charge in [-0.15, -0.1) is 0 Å². The number of hydrogen-bond donors (Lipinski definition) is 1. The van der Waals surface area contributed by atoms with Crippen LogP contribution in [0.1, 0.15) is 36.7 Å². The molecule has 1 aromatic rings. The molecule has 94 valence electrons. The van der Waals surface area contributed by atoms with Gasteiger partial charge < -0.3 is 15.2 Å². The standard InChI is InChI=1S/C12H20N4O/c1-2-10-4-3-6-16(10)12(17)11-8-15(7-5-13)9-14-11/h8-10H,2-7,13H2,1H3. The van der Waals surface area contributed by atoms with Gasteiger partial charge in [0.1, 0.15) is 5.69 Å². The minimum Gasteiger partial charge on any atom is -0.335 e. The Labute approximate surface area is 102 Å². The first-order chi connectivity index (χ1) is 8.26. The van der Waals surface area contributed by atoms with E-state index in [0.717, 1.165) is 25.8 Å². The van der Waals surface area contributed by atoms with E-state index >= 15 is 0 Å². The van der Waals surface area contributed by atoms with E-state index in [2.05, 4.69) is 11.9 Å². The van der Waals surface area contributed by atoms with Crippen LogP contribution in [0, 0.1) is 0 Å². The van der Waals surface area contributed by atoms with Gasteiger partial charge in [-0.05, 0) is 19.3 Å². The molecule has 1 fully saturated rings. The molecule has 0 spiro atoms. The van der Waals surface area contributed by atoms with Crippen molar-refractivity contribution in [2.24, 2.45) is 5.73 Å². The van der Waals surface area contributed by atoms with Gasteiger partial charge in [-0.3, -0.25) is 4.79 Å². The van der Waals surface area contributed by atoms with Crippen molar-refractivity contribution in [3.63, 3.8) is 0 Å². The highest BCUT2D eigenvalue weighted by Gasteiger charge is 2.28. The van der Waals surface area contributed by atoms with Gasteiger partial charge in [-0.1, -0.05) is 6.92 Å². The molecule has 17 heavy (non-hydrogen) atoms. The number of nitrogens with two attached hydrogens (primary N) is 1. The Hall–Kier alpha value is -1.36. The molecule has 1 atom stereocenters. The second kappa shape index (κ2) is 5.31. The first-order valence-electron chi connectivity index (χ1n) is 6.29. The van der Waals surface area contributed by atoms with Crippen molar-refractivity contribution >= 4 is 5.91 Å². The van der Waals surface area contributed by atoms with Crippen LogP contribution in [-0.4, -0.2) is 39.5 Å². The van der Waals surface area contributed by atoms with E-state index in [4.69, 9.17) is 5.73 Å². The maximum atomic E-state index is 12.3. The van der Waals surface area contributed by atoms with E-state index in [-0.39, 0.29) is 5.91 Å². The van der Waals surface area contributed by atoms with Crippen LogP contribution in [0.25, 0.3) is 0 Å². The molecule has 1 aromatic heterocycles. The van der Waals surface area contributed by atoms with Gasteiger partial charge in [0.15, 0.2) is 0 Å². The van der Waals surface area contributed by atoms with E-state index in [1.807, 2.05) is 9.47 Å². The quantitative estimate of drug-likeness (QED) is 0.843. The SMILES string of the molecule is CCC1CCCN1C(=O)c1cn(CCN)cn1. The summed E-state index contributed by atoms with van der Waals surface area (Å²) in [4.78, 5) is 18.4. The Kier molecular flexibility index (Phi) is 3.78. The third-order valence-electron chi connectivity index (χ3n) is 3.35. The summed E-state index contributed by atoms with van der Waals surface area (Å²) in [6.45, 7) is 4.26. The number of aromatic nitrogens is 2. The topological polar surface area (TPSA) is 64.2 Å². The third kappa shape index (κ3) is 2.49. The zero-order valence-corrected chi connectivity index (χ0v) is 10.3. The summed E-state index contributed by atoms with van der Waals surface area (Å²) in [5.41, 5.74) is 6.01. The lowest BCUT2D eigenvalue weighted by Crippen LogP contribution is -2.35. The maximum absolute atomic E-state index is 12.3. The zero-order valence-electron chi connectivity index (χ0n) is 10.3. The van der Waals surface area contributed by atoms with E-state index in [0.29, 0.717) is 24.8 Å². The van der Waals surface area contributed by atoms with Gasteiger partial charge in [0.05, 0.1) is 6.33 Å². The van der Waals surface area contributed by atoms with Gasteiger partial charge >= 0.3 is 0 Å². The van der Waals surface area contributed by atoms with Crippen LogP contribution in [0.4, 0.5) is 0 Å². The summed E-state index contributed by atoms with van der Waals surface area (Å²) < 4.78 is 1.87. The zero-order chi connectivity index (χ0) is 12.3. The number of carbonyl (C=O) groups excluding carboxylic acids is 1. The lowest BCUT2D eigenvalue weighted by atomic mass is 10.1. The molecule has 5 nitrogen and oxygen atoms in total. The Bertz CT molecular complexity index is 388. The number of rotatable bonds is 4. The number of amides is 1. The largest absolute Gasteiger partial charge is 0.335 e. The summed E-state index contributed by atoms with van der Waals surface area (Å²) >= 11 is 0. The Balaban J connectivity index is 2.07. The number of nitrogens with zero attached hydrogens (tertiary/aromatic N) is 3. The van der Waals surface area contributed by atoms with Crippen LogP contribution in [0.3, 0.4) is 0 Å². The van der Waals surface area contributed by atoms with Crippen LogP contribution in [0.2, 0.25) is 0 Å². The molecule has 1 unspecified atom stereocenters. The second-order valence-corrected chi connectivity index (χ2v) is 4.49. The molecule has 2 N–H and O–H groups in total. The molecule has 2 rings (SSSR count). The fourth-order valence-electron chi connectivity index (χ4n) is 2.42. The number of likely N-dealkylation sites (tertiary alicyclic amines) is 1. The molecule has 1 saturated heterocycles. The van der Waals surface area contributed by atoms with Crippen LogP contribution in [0.5, 0.6) is 0 Å². The number of imidazole rings is 1. The first-order valence-corrected chi connectivity index (χ1v) is 6.29. The lowest BCUT2D eigenvalue weighted by Gasteiger charge is -2.22. The van der Waals surface area contributed by atoms with Gasteiger partial charge in [0, 0.05) is 31.9 Å². The fourth-order valence-corrected chi connectivity index (χ4v) is 2.42. The van der Waals surface area contributed by atoms with E-state index in [9.17, 15) is 4.79 Å². The molecule has 0 saturated carbocycles. The van der Waals surface area contributed by atoms with E-state index < -0.39 is 0 Å². The maximum Gasteiger partial charge on any atom is 0.274 e. The monoisotopic (exact) mass is 236 g/mol. The summed E-state index contributed by atoms with van der Waals surface area (Å²) in [5, 5.41) is 0.